The highest BCUT2D eigenvalue weighted by molar-refractivity contribution is 5.93. The van der Waals surface area contributed by atoms with Crippen LogP contribution in [0.4, 0.5) is 0 Å². The number of carbonyl (C=O) groups is 1. The molecule has 2 N–H and O–H groups in total. The van der Waals surface area contributed by atoms with Crippen LogP contribution in [-0.4, -0.2) is 28.4 Å². The molecule has 0 aliphatic carbocycles. The number of carbonyl (C=O) groups excluding carboxylic acids is 1. The minimum Gasteiger partial charge on any atom is -0.443 e. The summed E-state index contributed by atoms with van der Waals surface area (Å²) in [6, 6.07) is 10.3. The van der Waals surface area contributed by atoms with Crippen LogP contribution in [-0.2, 0) is 6.42 Å². The third-order valence-electron chi connectivity index (χ3n) is 4.77. The fraction of sp³-hybridized carbons (Fsp3) is 0.429. The van der Waals surface area contributed by atoms with Gasteiger partial charge in [0.1, 0.15) is 5.76 Å². The smallest absolute Gasteiger partial charge is 0.276 e. The van der Waals surface area contributed by atoms with E-state index in [-0.39, 0.29) is 18.0 Å². The quantitative estimate of drug-likeness (QED) is 0.802. The van der Waals surface area contributed by atoms with Crippen molar-refractivity contribution in [1.29, 1.82) is 0 Å². The molecule has 1 fully saturated rings. The standard InChI is InChI=1S/C21H27N3O2/c1-15(22)20-23-19(16(2)26-20)21(25)24-14-8-13-18(24)12-7-6-11-17-9-4-3-5-10-17/h3-5,7,9-10,12,15,18H,6,8,11,13-14,22H2,1-2H3/b12-7+. The molecule has 0 spiro atoms. The summed E-state index contributed by atoms with van der Waals surface area (Å²) in [7, 11) is 0. The molecule has 0 bridgehead atoms. The van der Waals surface area contributed by atoms with Crippen LogP contribution >= 0.6 is 0 Å². The van der Waals surface area contributed by atoms with Gasteiger partial charge in [0.2, 0.25) is 5.89 Å². The number of allylic oxidation sites excluding steroid dienone is 1. The molecule has 2 atom stereocenters. The van der Waals surface area contributed by atoms with Crippen LogP contribution in [0.2, 0.25) is 0 Å². The second kappa shape index (κ2) is 8.32. The molecule has 2 heterocycles. The Morgan fingerprint density at radius 2 is 2.19 bits per heavy atom. The number of likely N-dealkylation sites (tertiary alicyclic amines) is 1. The van der Waals surface area contributed by atoms with Crippen molar-refractivity contribution in [1.82, 2.24) is 9.88 Å². The van der Waals surface area contributed by atoms with Crippen molar-refractivity contribution >= 4 is 5.91 Å². The number of rotatable bonds is 6. The lowest BCUT2D eigenvalue weighted by atomic mass is 10.1. The van der Waals surface area contributed by atoms with Crippen molar-refractivity contribution in [3.05, 3.63) is 65.4 Å². The van der Waals surface area contributed by atoms with Crippen LogP contribution in [0.5, 0.6) is 0 Å². The van der Waals surface area contributed by atoms with Gasteiger partial charge in [0.05, 0.1) is 12.1 Å². The van der Waals surface area contributed by atoms with E-state index in [1.165, 1.54) is 5.56 Å². The molecule has 1 aliphatic heterocycles. The molecule has 1 aromatic heterocycles. The van der Waals surface area contributed by atoms with Crippen LogP contribution in [0.15, 0.2) is 46.9 Å². The van der Waals surface area contributed by atoms with Crippen molar-refractivity contribution in [2.75, 3.05) is 6.54 Å². The van der Waals surface area contributed by atoms with Gasteiger partial charge in [-0.3, -0.25) is 4.79 Å². The van der Waals surface area contributed by atoms with E-state index in [9.17, 15) is 4.79 Å². The van der Waals surface area contributed by atoms with Crippen LogP contribution < -0.4 is 5.73 Å². The zero-order chi connectivity index (χ0) is 18.5. The Morgan fingerprint density at radius 3 is 2.88 bits per heavy atom. The number of nitrogens with two attached hydrogens (primary N) is 1. The molecule has 1 aromatic carbocycles. The monoisotopic (exact) mass is 353 g/mol. The van der Waals surface area contributed by atoms with Gasteiger partial charge in [-0.15, -0.1) is 0 Å². The molecule has 2 aromatic rings. The topological polar surface area (TPSA) is 72.4 Å². The SMILES string of the molecule is Cc1oc(C(C)N)nc1C(=O)N1CCCC1/C=C/CCc1ccccc1. The Hall–Kier alpha value is -2.40. The van der Waals surface area contributed by atoms with Gasteiger partial charge in [0.25, 0.3) is 5.91 Å². The number of amides is 1. The third kappa shape index (κ3) is 4.22. The van der Waals surface area contributed by atoms with Gasteiger partial charge in [-0.25, -0.2) is 4.98 Å². The summed E-state index contributed by atoms with van der Waals surface area (Å²) in [5.74, 6) is 0.898. The molecule has 0 radical (unpaired) electrons. The van der Waals surface area contributed by atoms with E-state index >= 15 is 0 Å². The first kappa shape index (κ1) is 18.4. The third-order valence-corrected chi connectivity index (χ3v) is 4.77. The van der Waals surface area contributed by atoms with E-state index < -0.39 is 0 Å². The molecule has 138 valence electrons. The maximum atomic E-state index is 12.9. The van der Waals surface area contributed by atoms with Crippen LogP contribution in [0, 0.1) is 6.92 Å². The lowest BCUT2D eigenvalue weighted by molar-refractivity contribution is 0.0754. The Balaban J connectivity index is 1.62. The molecule has 0 saturated carbocycles. The van der Waals surface area contributed by atoms with Crippen LogP contribution in [0.25, 0.3) is 0 Å². The average Bonchev–Trinajstić information content (AvgIpc) is 3.26. The van der Waals surface area contributed by atoms with Crippen LogP contribution in [0.1, 0.15) is 59.9 Å². The Kier molecular flexibility index (Phi) is 5.89. The van der Waals surface area contributed by atoms with E-state index in [0.29, 0.717) is 17.3 Å². The molecule has 5 nitrogen and oxygen atoms in total. The molecule has 1 aliphatic rings. The number of aryl methyl sites for hydroxylation is 2. The summed E-state index contributed by atoms with van der Waals surface area (Å²) in [6.45, 7) is 4.33. The Morgan fingerprint density at radius 1 is 1.42 bits per heavy atom. The van der Waals surface area contributed by atoms with E-state index in [2.05, 4.69) is 41.4 Å². The fourth-order valence-corrected chi connectivity index (χ4v) is 3.34. The number of benzene rings is 1. The van der Waals surface area contributed by atoms with Crippen molar-refractivity contribution in [2.24, 2.45) is 5.73 Å². The summed E-state index contributed by atoms with van der Waals surface area (Å²) in [5.41, 5.74) is 7.54. The van der Waals surface area contributed by atoms with Crippen molar-refractivity contribution in [2.45, 2.75) is 51.6 Å². The van der Waals surface area contributed by atoms with E-state index in [1.54, 1.807) is 13.8 Å². The molecule has 3 rings (SSSR count). The average molecular weight is 353 g/mol. The molecular formula is C21H27N3O2. The zero-order valence-corrected chi connectivity index (χ0v) is 15.5. The largest absolute Gasteiger partial charge is 0.443 e. The van der Waals surface area contributed by atoms with Crippen molar-refractivity contribution < 1.29 is 9.21 Å². The molecule has 5 heteroatoms. The predicted octanol–water partition coefficient (Wildman–Crippen LogP) is 3.80. The van der Waals surface area contributed by atoms with Gasteiger partial charge in [-0.05, 0) is 45.1 Å². The van der Waals surface area contributed by atoms with Crippen molar-refractivity contribution in [3.8, 4) is 0 Å². The van der Waals surface area contributed by atoms with Gasteiger partial charge in [-0.1, -0.05) is 42.5 Å². The predicted molar refractivity (Wildman–Crippen MR) is 102 cm³/mol. The summed E-state index contributed by atoms with van der Waals surface area (Å²) in [4.78, 5) is 19.1. The lowest BCUT2D eigenvalue weighted by Gasteiger charge is -2.21. The van der Waals surface area contributed by atoms with Crippen molar-refractivity contribution in [3.63, 3.8) is 0 Å². The van der Waals surface area contributed by atoms with Crippen LogP contribution in [0.3, 0.4) is 0 Å². The molecule has 1 saturated heterocycles. The maximum Gasteiger partial charge on any atom is 0.276 e. The van der Waals surface area contributed by atoms with Gasteiger partial charge in [0, 0.05) is 6.54 Å². The number of hydrogen-bond donors (Lipinski definition) is 1. The van der Waals surface area contributed by atoms with Gasteiger partial charge in [-0.2, -0.15) is 0 Å². The van der Waals surface area contributed by atoms with Gasteiger partial charge >= 0.3 is 0 Å². The fourth-order valence-electron chi connectivity index (χ4n) is 3.34. The highest BCUT2D eigenvalue weighted by atomic mass is 16.4. The first-order valence-corrected chi connectivity index (χ1v) is 9.30. The maximum absolute atomic E-state index is 12.9. The second-order valence-electron chi connectivity index (χ2n) is 6.91. The normalized spacial score (nSPS) is 18.6. The van der Waals surface area contributed by atoms with E-state index in [1.807, 2.05) is 11.0 Å². The van der Waals surface area contributed by atoms with Gasteiger partial charge in [0.15, 0.2) is 5.69 Å². The minimum absolute atomic E-state index is 0.0617. The second-order valence-corrected chi connectivity index (χ2v) is 6.91. The summed E-state index contributed by atoms with van der Waals surface area (Å²) in [5, 5.41) is 0. The van der Waals surface area contributed by atoms with E-state index in [4.69, 9.17) is 10.2 Å². The first-order valence-electron chi connectivity index (χ1n) is 9.30. The molecule has 2 unspecified atom stereocenters. The number of oxazole rings is 1. The summed E-state index contributed by atoms with van der Waals surface area (Å²) >= 11 is 0. The molecular weight excluding hydrogens is 326 g/mol. The highest BCUT2D eigenvalue weighted by Gasteiger charge is 2.31. The number of aromatic nitrogens is 1. The number of nitrogens with zero attached hydrogens (tertiary/aromatic N) is 2. The Bertz CT molecular complexity index is 765. The van der Waals surface area contributed by atoms with Gasteiger partial charge < -0.3 is 15.1 Å². The highest BCUT2D eigenvalue weighted by Crippen LogP contribution is 2.24. The lowest BCUT2D eigenvalue weighted by Crippen LogP contribution is -2.35. The summed E-state index contributed by atoms with van der Waals surface area (Å²) in [6.07, 6.45) is 8.33. The summed E-state index contributed by atoms with van der Waals surface area (Å²) < 4.78 is 5.54. The minimum atomic E-state index is -0.317. The Labute approximate surface area is 154 Å². The van der Waals surface area contributed by atoms with E-state index in [0.717, 1.165) is 32.2 Å². The molecule has 1 amide bonds. The first-order chi connectivity index (χ1) is 12.6. The number of hydrogen-bond acceptors (Lipinski definition) is 4. The molecule has 26 heavy (non-hydrogen) atoms. The zero-order valence-electron chi connectivity index (χ0n) is 15.5.